The van der Waals surface area contributed by atoms with Gasteiger partial charge in [0.15, 0.2) is 0 Å². The van der Waals surface area contributed by atoms with E-state index in [0.717, 1.165) is 18.0 Å². The summed E-state index contributed by atoms with van der Waals surface area (Å²) in [5.74, 6) is 1.06. The first kappa shape index (κ1) is 11.4. The van der Waals surface area contributed by atoms with Gasteiger partial charge >= 0.3 is 0 Å². The van der Waals surface area contributed by atoms with Crippen molar-refractivity contribution in [2.45, 2.75) is 57.5 Å². The Bertz CT molecular complexity index is 187. The number of nitrogens with one attached hydrogen (secondary N) is 1. The van der Waals surface area contributed by atoms with Crippen LogP contribution in [-0.4, -0.2) is 37.1 Å². The van der Waals surface area contributed by atoms with Gasteiger partial charge in [-0.1, -0.05) is 19.8 Å². The molecule has 1 heterocycles. The van der Waals surface area contributed by atoms with Gasteiger partial charge in [-0.25, -0.2) is 0 Å². The van der Waals surface area contributed by atoms with Gasteiger partial charge in [0.1, 0.15) is 0 Å². The Kier molecular flexibility index (Phi) is 4.04. The number of nitrogens with zero attached hydrogens (tertiary/aromatic N) is 1. The van der Waals surface area contributed by atoms with Crippen molar-refractivity contribution in [3.8, 4) is 0 Å². The molecule has 15 heavy (non-hydrogen) atoms. The Labute approximate surface area is 94.4 Å². The van der Waals surface area contributed by atoms with E-state index >= 15 is 0 Å². The minimum absolute atomic E-state index is 0.757. The van der Waals surface area contributed by atoms with Crippen LogP contribution in [0.3, 0.4) is 0 Å². The second kappa shape index (κ2) is 5.31. The molecule has 0 aromatic rings. The minimum atomic E-state index is 0.757. The smallest absolute Gasteiger partial charge is 0.0197 e. The average molecular weight is 210 g/mol. The van der Waals surface area contributed by atoms with Crippen molar-refractivity contribution in [1.29, 1.82) is 0 Å². The normalized spacial score (nSPS) is 30.4. The molecule has 1 saturated heterocycles. The predicted octanol–water partition coefficient (Wildman–Crippen LogP) is 2.25. The van der Waals surface area contributed by atoms with Crippen molar-refractivity contribution >= 4 is 0 Å². The first-order valence-corrected chi connectivity index (χ1v) is 6.72. The SMILES string of the molecule is CCC(CC1CC1)NC1CCCN(C)C1. The van der Waals surface area contributed by atoms with Gasteiger partial charge in [-0.2, -0.15) is 0 Å². The summed E-state index contributed by atoms with van der Waals surface area (Å²) in [6, 6.07) is 1.54. The molecule has 2 nitrogen and oxygen atoms in total. The second-order valence-corrected chi connectivity index (χ2v) is 5.55. The maximum absolute atomic E-state index is 3.87. The number of likely N-dealkylation sites (tertiary alicyclic amines) is 1. The van der Waals surface area contributed by atoms with Crippen LogP contribution in [0.15, 0.2) is 0 Å². The third-order valence-corrected chi connectivity index (χ3v) is 3.90. The van der Waals surface area contributed by atoms with Crippen LogP contribution in [-0.2, 0) is 0 Å². The molecule has 2 atom stereocenters. The van der Waals surface area contributed by atoms with Gasteiger partial charge in [0, 0.05) is 18.6 Å². The second-order valence-electron chi connectivity index (χ2n) is 5.55. The van der Waals surface area contributed by atoms with E-state index in [4.69, 9.17) is 0 Å². The molecule has 88 valence electrons. The predicted molar refractivity (Wildman–Crippen MR) is 65.1 cm³/mol. The minimum Gasteiger partial charge on any atom is -0.310 e. The number of rotatable bonds is 5. The van der Waals surface area contributed by atoms with Gasteiger partial charge in [0.2, 0.25) is 0 Å². The Hall–Kier alpha value is -0.0800. The van der Waals surface area contributed by atoms with Crippen LogP contribution in [0.2, 0.25) is 0 Å². The van der Waals surface area contributed by atoms with Crippen LogP contribution in [0, 0.1) is 5.92 Å². The zero-order chi connectivity index (χ0) is 10.7. The molecule has 0 aromatic carbocycles. The summed E-state index contributed by atoms with van der Waals surface area (Å²) in [6.07, 6.45) is 8.46. The highest BCUT2D eigenvalue weighted by Crippen LogP contribution is 2.34. The van der Waals surface area contributed by atoms with Gasteiger partial charge in [-0.05, 0) is 45.2 Å². The van der Waals surface area contributed by atoms with Gasteiger partial charge in [0.05, 0.1) is 0 Å². The van der Waals surface area contributed by atoms with E-state index in [9.17, 15) is 0 Å². The molecule has 1 N–H and O–H groups in total. The Morgan fingerprint density at radius 1 is 1.33 bits per heavy atom. The molecule has 1 aliphatic heterocycles. The van der Waals surface area contributed by atoms with E-state index < -0.39 is 0 Å². The lowest BCUT2D eigenvalue weighted by atomic mass is 10.0. The monoisotopic (exact) mass is 210 g/mol. The summed E-state index contributed by atoms with van der Waals surface area (Å²) in [6.45, 7) is 4.87. The van der Waals surface area contributed by atoms with Crippen LogP contribution >= 0.6 is 0 Å². The maximum Gasteiger partial charge on any atom is 0.0197 e. The molecule has 1 saturated carbocycles. The van der Waals surface area contributed by atoms with Gasteiger partial charge in [-0.15, -0.1) is 0 Å². The fourth-order valence-electron chi connectivity index (χ4n) is 2.74. The Morgan fingerprint density at radius 2 is 2.13 bits per heavy atom. The van der Waals surface area contributed by atoms with E-state index in [1.165, 1.54) is 51.6 Å². The molecule has 2 aliphatic rings. The highest BCUT2D eigenvalue weighted by Gasteiger charge is 2.26. The van der Waals surface area contributed by atoms with Crippen LogP contribution in [0.5, 0.6) is 0 Å². The molecule has 2 unspecified atom stereocenters. The fraction of sp³-hybridized carbons (Fsp3) is 1.00. The van der Waals surface area contributed by atoms with Crippen LogP contribution in [0.4, 0.5) is 0 Å². The molecule has 2 rings (SSSR count). The molecular weight excluding hydrogens is 184 g/mol. The van der Waals surface area contributed by atoms with Crippen molar-refractivity contribution in [1.82, 2.24) is 10.2 Å². The van der Waals surface area contributed by atoms with Gasteiger partial charge in [-0.3, -0.25) is 0 Å². The van der Waals surface area contributed by atoms with E-state index in [-0.39, 0.29) is 0 Å². The van der Waals surface area contributed by atoms with Crippen molar-refractivity contribution in [2.75, 3.05) is 20.1 Å². The van der Waals surface area contributed by atoms with E-state index in [0.29, 0.717) is 0 Å². The Morgan fingerprint density at radius 3 is 2.73 bits per heavy atom. The summed E-state index contributed by atoms with van der Waals surface area (Å²) in [4.78, 5) is 2.46. The lowest BCUT2D eigenvalue weighted by molar-refractivity contribution is 0.211. The first-order chi connectivity index (χ1) is 7.28. The van der Waals surface area contributed by atoms with Crippen LogP contribution < -0.4 is 5.32 Å². The highest BCUT2D eigenvalue weighted by atomic mass is 15.1. The van der Waals surface area contributed by atoms with Crippen molar-refractivity contribution in [3.05, 3.63) is 0 Å². The van der Waals surface area contributed by atoms with Gasteiger partial charge < -0.3 is 10.2 Å². The topological polar surface area (TPSA) is 15.3 Å². The molecule has 2 fully saturated rings. The standard InChI is InChI=1S/C13H26N2/c1-3-12(9-11-6-7-11)14-13-5-4-8-15(2)10-13/h11-14H,3-10H2,1-2H3. The van der Waals surface area contributed by atoms with Crippen molar-refractivity contribution in [3.63, 3.8) is 0 Å². The third kappa shape index (κ3) is 3.76. The highest BCUT2D eigenvalue weighted by molar-refractivity contribution is 4.84. The number of hydrogen-bond donors (Lipinski definition) is 1. The molecule has 0 bridgehead atoms. The Balaban J connectivity index is 1.72. The third-order valence-electron chi connectivity index (χ3n) is 3.90. The van der Waals surface area contributed by atoms with Crippen molar-refractivity contribution < 1.29 is 0 Å². The summed E-state index contributed by atoms with van der Waals surface area (Å²) in [5.41, 5.74) is 0. The molecule has 1 aliphatic carbocycles. The summed E-state index contributed by atoms with van der Waals surface area (Å²) in [7, 11) is 2.25. The molecule has 0 radical (unpaired) electrons. The number of piperidine rings is 1. The van der Waals surface area contributed by atoms with E-state index in [1.54, 1.807) is 0 Å². The zero-order valence-corrected chi connectivity index (χ0v) is 10.3. The largest absolute Gasteiger partial charge is 0.310 e. The van der Waals surface area contributed by atoms with Crippen LogP contribution in [0.1, 0.15) is 45.4 Å². The lowest BCUT2D eigenvalue weighted by Crippen LogP contribution is -2.47. The fourth-order valence-corrected chi connectivity index (χ4v) is 2.74. The quantitative estimate of drug-likeness (QED) is 0.749. The summed E-state index contributed by atoms with van der Waals surface area (Å²) in [5, 5.41) is 3.87. The van der Waals surface area contributed by atoms with E-state index in [2.05, 4.69) is 24.2 Å². The molecule has 0 spiro atoms. The number of likely N-dealkylation sites (N-methyl/N-ethyl adjacent to an activating group) is 1. The van der Waals surface area contributed by atoms with Crippen molar-refractivity contribution in [2.24, 2.45) is 5.92 Å². The molecule has 0 aromatic heterocycles. The molecule has 2 heteroatoms. The first-order valence-electron chi connectivity index (χ1n) is 6.72. The number of hydrogen-bond acceptors (Lipinski definition) is 2. The van der Waals surface area contributed by atoms with E-state index in [1.807, 2.05) is 0 Å². The summed E-state index contributed by atoms with van der Waals surface area (Å²) >= 11 is 0. The van der Waals surface area contributed by atoms with Gasteiger partial charge in [0.25, 0.3) is 0 Å². The molecular formula is C13H26N2. The zero-order valence-electron chi connectivity index (χ0n) is 10.3. The lowest BCUT2D eigenvalue weighted by Gasteiger charge is -2.33. The molecule has 0 amide bonds. The maximum atomic E-state index is 3.87. The van der Waals surface area contributed by atoms with Crippen LogP contribution in [0.25, 0.3) is 0 Å². The summed E-state index contributed by atoms with van der Waals surface area (Å²) < 4.78 is 0. The average Bonchev–Trinajstić information content (AvgIpc) is 3.01.